The molecule has 0 aliphatic carbocycles. The number of nitrogens with zero attached hydrogens (tertiary/aromatic N) is 2. The van der Waals surface area contributed by atoms with Crippen molar-refractivity contribution in [3.8, 4) is 11.5 Å². The maximum absolute atomic E-state index is 11.9. The topological polar surface area (TPSA) is 162 Å². The average molecular weight is 735 g/mol. The van der Waals surface area contributed by atoms with Crippen LogP contribution in [0, 0.1) is 10.1 Å². The van der Waals surface area contributed by atoms with E-state index in [0.717, 1.165) is 22.3 Å². The summed E-state index contributed by atoms with van der Waals surface area (Å²) in [5.41, 5.74) is 4.65. The predicted octanol–water partition coefficient (Wildman–Crippen LogP) is 7.60. The Bertz CT molecular complexity index is 1900. The maximum Gasteiger partial charge on any atom is 0.411 e. The number of hydrogen-bond acceptors (Lipinski definition) is 10. The van der Waals surface area contributed by atoms with Gasteiger partial charge in [-0.3, -0.25) is 25.6 Å². The first kappa shape index (κ1) is 38.8. The van der Waals surface area contributed by atoms with Crippen LogP contribution in [0.5, 0.6) is 11.5 Å². The van der Waals surface area contributed by atoms with E-state index < -0.39 is 23.2 Å². The highest BCUT2D eigenvalue weighted by Crippen LogP contribution is 2.32. The standard InChI is InChI=1S/C41H42N4O9/c1-51-40(47)42-33-17-13-31(14-18-33)37(32-15-19-34(20-16-32)43-41(48)52-2)26-44(24-29-9-5-3-6-10-29)25-35(46)28-53-36-21-22-39(38(23-36)45(49)50)54-27-30-11-7-4-8-12-30/h3-23,35,37,46H,24-28H2,1-2H3,(H,42,47)(H,43,48)/t35-/m0/s1. The van der Waals surface area contributed by atoms with E-state index in [-0.39, 0.29) is 42.9 Å². The average Bonchev–Trinajstić information content (AvgIpc) is 3.19. The third-order valence-corrected chi connectivity index (χ3v) is 8.46. The molecule has 0 spiro atoms. The number of anilines is 2. The molecule has 0 unspecified atom stereocenters. The summed E-state index contributed by atoms with van der Waals surface area (Å²) in [5, 5.41) is 28.6. The van der Waals surface area contributed by atoms with Crippen LogP contribution in [0.4, 0.5) is 26.7 Å². The monoisotopic (exact) mass is 734 g/mol. The van der Waals surface area contributed by atoms with E-state index in [9.17, 15) is 24.8 Å². The second-order valence-electron chi connectivity index (χ2n) is 12.3. The van der Waals surface area contributed by atoms with E-state index in [4.69, 9.17) is 18.9 Å². The molecular weight excluding hydrogens is 692 g/mol. The first-order valence-electron chi connectivity index (χ1n) is 17.1. The van der Waals surface area contributed by atoms with Crippen molar-refractivity contribution in [3.63, 3.8) is 0 Å². The number of carbonyl (C=O) groups is 2. The number of methoxy groups -OCH3 is 2. The van der Waals surface area contributed by atoms with Gasteiger partial charge in [0.2, 0.25) is 0 Å². The molecular formula is C41H42N4O9. The van der Waals surface area contributed by atoms with Gasteiger partial charge in [-0.25, -0.2) is 9.59 Å². The smallest absolute Gasteiger partial charge is 0.411 e. The number of carbonyl (C=O) groups excluding carboxylic acids is 2. The molecule has 13 nitrogen and oxygen atoms in total. The van der Waals surface area contributed by atoms with Gasteiger partial charge in [0.25, 0.3) is 0 Å². The number of hydrogen-bond donors (Lipinski definition) is 3. The van der Waals surface area contributed by atoms with Crippen LogP contribution in [0.2, 0.25) is 0 Å². The lowest BCUT2D eigenvalue weighted by molar-refractivity contribution is -0.386. The van der Waals surface area contributed by atoms with Crippen LogP contribution in [0.3, 0.4) is 0 Å². The first-order chi connectivity index (χ1) is 26.2. The van der Waals surface area contributed by atoms with E-state index in [0.29, 0.717) is 24.5 Å². The van der Waals surface area contributed by atoms with Crippen molar-refractivity contribution in [3.05, 3.63) is 160 Å². The lowest BCUT2D eigenvalue weighted by Gasteiger charge is -2.30. The Labute approximate surface area is 313 Å². The molecule has 0 aromatic heterocycles. The minimum Gasteiger partial charge on any atom is -0.491 e. The minimum absolute atomic E-state index is 0.111. The van der Waals surface area contributed by atoms with Crippen molar-refractivity contribution in [2.75, 3.05) is 44.5 Å². The maximum atomic E-state index is 11.9. The number of nitrogens with one attached hydrogen (secondary N) is 2. The molecule has 3 N–H and O–H groups in total. The number of aliphatic hydroxyl groups is 1. The number of aliphatic hydroxyl groups excluding tert-OH is 1. The van der Waals surface area contributed by atoms with Gasteiger partial charge in [0, 0.05) is 36.9 Å². The molecule has 0 aliphatic rings. The fourth-order valence-corrected chi connectivity index (χ4v) is 5.77. The largest absolute Gasteiger partial charge is 0.491 e. The first-order valence-corrected chi connectivity index (χ1v) is 17.1. The van der Waals surface area contributed by atoms with E-state index in [2.05, 4.69) is 15.5 Å². The summed E-state index contributed by atoms with van der Waals surface area (Å²) in [7, 11) is 2.59. The zero-order chi connectivity index (χ0) is 38.3. The van der Waals surface area contributed by atoms with Crippen molar-refractivity contribution in [2.24, 2.45) is 0 Å². The van der Waals surface area contributed by atoms with Crippen LogP contribution < -0.4 is 20.1 Å². The molecule has 0 bridgehead atoms. The molecule has 0 saturated heterocycles. The van der Waals surface area contributed by atoms with Crippen LogP contribution in [-0.2, 0) is 22.6 Å². The number of ether oxygens (including phenoxy) is 4. The van der Waals surface area contributed by atoms with Gasteiger partial charge in [0.05, 0.1) is 25.2 Å². The Hall–Kier alpha value is -6.44. The molecule has 5 rings (SSSR count). The molecule has 0 saturated carbocycles. The van der Waals surface area contributed by atoms with E-state index in [1.165, 1.54) is 26.4 Å². The molecule has 13 heteroatoms. The van der Waals surface area contributed by atoms with Crippen molar-refractivity contribution in [2.45, 2.75) is 25.2 Å². The highest BCUT2D eigenvalue weighted by molar-refractivity contribution is 5.85. The highest BCUT2D eigenvalue weighted by atomic mass is 16.6. The summed E-state index contributed by atoms with van der Waals surface area (Å²) < 4.78 is 21.1. The zero-order valence-corrected chi connectivity index (χ0v) is 29.9. The Morgan fingerprint density at radius 2 is 1.26 bits per heavy atom. The molecule has 54 heavy (non-hydrogen) atoms. The van der Waals surface area contributed by atoms with Crippen molar-refractivity contribution >= 4 is 29.2 Å². The Morgan fingerprint density at radius 1 is 0.722 bits per heavy atom. The van der Waals surface area contributed by atoms with Crippen LogP contribution in [0.1, 0.15) is 28.2 Å². The molecule has 280 valence electrons. The van der Waals surface area contributed by atoms with Gasteiger partial charge in [-0.2, -0.15) is 0 Å². The molecule has 1 atom stereocenters. The summed E-state index contributed by atoms with van der Waals surface area (Å²) in [6.45, 7) is 1.20. The predicted molar refractivity (Wildman–Crippen MR) is 204 cm³/mol. The van der Waals surface area contributed by atoms with Crippen LogP contribution >= 0.6 is 0 Å². The molecule has 0 radical (unpaired) electrons. The van der Waals surface area contributed by atoms with Gasteiger partial charge < -0.3 is 24.1 Å². The van der Waals surface area contributed by atoms with Gasteiger partial charge in [-0.05, 0) is 58.7 Å². The molecule has 0 aliphatic heterocycles. The molecule has 5 aromatic carbocycles. The van der Waals surface area contributed by atoms with Crippen molar-refractivity contribution in [1.82, 2.24) is 4.90 Å². The SMILES string of the molecule is COC(=O)Nc1ccc(C(CN(Cc2ccccc2)C[C@H](O)COc2ccc(OCc3ccccc3)c([N+](=O)[O-])c2)c2ccc(NC(=O)OC)cc2)cc1. The van der Waals surface area contributed by atoms with E-state index in [1.807, 2.05) is 84.9 Å². The Balaban J connectivity index is 1.34. The molecule has 5 aromatic rings. The highest BCUT2D eigenvalue weighted by Gasteiger charge is 2.23. The summed E-state index contributed by atoms with van der Waals surface area (Å²) in [6.07, 6.45) is -2.14. The van der Waals surface area contributed by atoms with Crippen LogP contribution in [-0.4, -0.2) is 67.1 Å². The number of benzene rings is 5. The van der Waals surface area contributed by atoms with E-state index >= 15 is 0 Å². The Morgan fingerprint density at radius 3 is 1.78 bits per heavy atom. The minimum atomic E-state index is -0.972. The third kappa shape index (κ3) is 11.5. The van der Waals surface area contributed by atoms with Crippen molar-refractivity contribution in [1.29, 1.82) is 0 Å². The summed E-state index contributed by atoms with van der Waals surface area (Å²) in [4.78, 5) is 37.1. The Kier molecular flexibility index (Phi) is 13.9. The lowest BCUT2D eigenvalue weighted by Crippen LogP contribution is -2.38. The molecule has 0 heterocycles. The van der Waals surface area contributed by atoms with Crippen LogP contribution in [0.15, 0.2) is 127 Å². The molecule has 0 fully saturated rings. The normalized spacial score (nSPS) is 11.4. The zero-order valence-electron chi connectivity index (χ0n) is 29.9. The second-order valence-corrected chi connectivity index (χ2v) is 12.3. The summed E-state index contributed by atoms with van der Waals surface area (Å²) >= 11 is 0. The van der Waals surface area contributed by atoms with Gasteiger partial charge >= 0.3 is 17.9 Å². The van der Waals surface area contributed by atoms with Crippen LogP contribution in [0.25, 0.3) is 0 Å². The van der Waals surface area contributed by atoms with Gasteiger partial charge in [0.15, 0.2) is 5.75 Å². The second kappa shape index (κ2) is 19.4. The van der Waals surface area contributed by atoms with Gasteiger partial charge in [-0.15, -0.1) is 0 Å². The fraction of sp³-hybridized carbons (Fsp3) is 0.220. The fourth-order valence-electron chi connectivity index (χ4n) is 5.77. The summed E-state index contributed by atoms with van der Waals surface area (Å²) in [6, 6.07) is 38.4. The molecule has 2 amide bonds. The lowest BCUT2D eigenvalue weighted by atomic mass is 9.90. The van der Waals surface area contributed by atoms with Gasteiger partial charge in [0.1, 0.15) is 25.1 Å². The van der Waals surface area contributed by atoms with Crippen molar-refractivity contribution < 1.29 is 38.6 Å². The van der Waals surface area contributed by atoms with E-state index in [1.54, 1.807) is 30.3 Å². The summed E-state index contributed by atoms with van der Waals surface area (Å²) in [5.74, 6) is 0.119. The quantitative estimate of drug-likeness (QED) is 0.0641. The number of amides is 2. The number of nitro groups is 1. The third-order valence-electron chi connectivity index (χ3n) is 8.46. The number of rotatable bonds is 17. The number of nitro benzene ring substituents is 1. The van der Waals surface area contributed by atoms with Gasteiger partial charge in [-0.1, -0.05) is 84.9 Å².